The van der Waals surface area contributed by atoms with Crippen LogP contribution in [-0.2, 0) is 0 Å². The van der Waals surface area contributed by atoms with E-state index in [1.54, 1.807) is 19.3 Å². The normalized spacial score (nSPS) is 10.1. The standard InChI is InChI=1S/C8H7ClN6S/c1-10-7-13-6(9)14-8(15-7)16-5-2-3-11-4-12-5/h2-4H,1H3,(H,10,13,14,15). The molecule has 0 aliphatic rings. The van der Waals surface area contributed by atoms with Crippen LogP contribution in [-0.4, -0.2) is 32.0 Å². The van der Waals surface area contributed by atoms with E-state index in [2.05, 4.69) is 30.2 Å². The van der Waals surface area contributed by atoms with Crippen LogP contribution >= 0.6 is 23.4 Å². The summed E-state index contributed by atoms with van der Waals surface area (Å²) in [5.41, 5.74) is 0. The zero-order chi connectivity index (χ0) is 11.4. The monoisotopic (exact) mass is 254 g/mol. The van der Waals surface area contributed by atoms with Gasteiger partial charge >= 0.3 is 0 Å². The van der Waals surface area contributed by atoms with Crippen LogP contribution in [0.15, 0.2) is 28.8 Å². The average Bonchev–Trinajstić information content (AvgIpc) is 2.29. The van der Waals surface area contributed by atoms with E-state index in [0.717, 1.165) is 5.03 Å². The van der Waals surface area contributed by atoms with Gasteiger partial charge in [0.25, 0.3) is 0 Å². The third-order valence-electron chi connectivity index (χ3n) is 1.56. The van der Waals surface area contributed by atoms with Crippen molar-refractivity contribution < 1.29 is 0 Å². The zero-order valence-electron chi connectivity index (χ0n) is 8.25. The molecule has 82 valence electrons. The molecule has 0 aliphatic carbocycles. The first kappa shape index (κ1) is 11.0. The van der Waals surface area contributed by atoms with Crippen molar-refractivity contribution in [2.24, 2.45) is 0 Å². The van der Waals surface area contributed by atoms with E-state index in [1.807, 2.05) is 0 Å². The fourth-order valence-electron chi connectivity index (χ4n) is 0.922. The van der Waals surface area contributed by atoms with Gasteiger partial charge in [0.05, 0.1) is 0 Å². The van der Waals surface area contributed by atoms with Crippen LogP contribution < -0.4 is 5.32 Å². The summed E-state index contributed by atoms with van der Waals surface area (Å²) in [5, 5.41) is 4.19. The van der Waals surface area contributed by atoms with E-state index >= 15 is 0 Å². The number of nitrogens with zero attached hydrogens (tertiary/aromatic N) is 5. The lowest BCUT2D eigenvalue weighted by Gasteiger charge is -2.01. The van der Waals surface area contributed by atoms with Gasteiger partial charge in [-0.1, -0.05) is 0 Å². The Morgan fingerprint density at radius 3 is 2.88 bits per heavy atom. The van der Waals surface area contributed by atoms with E-state index < -0.39 is 0 Å². The van der Waals surface area contributed by atoms with Crippen molar-refractivity contribution in [1.82, 2.24) is 24.9 Å². The third kappa shape index (κ3) is 2.77. The molecule has 0 atom stereocenters. The average molecular weight is 255 g/mol. The molecule has 0 saturated heterocycles. The molecule has 0 saturated carbocycles. The van der Waals surface area contributed by atoms with Gasteiger partial charge in [-0.3, -0.25) is 0 Å². The van der Waals surface area contributed by atoms with Crippen LogP contribution in [0.2, 0.25) is 5.28 Å². The van der Waals surface area contributed by atoms with Gasteiger partial charge < -0.3 is 5.32 Å². The second kappa shape index (κ2) is 5.04. The molecule has 0 bridgehead atoms. The molecule has 0 radical (unpaired) electrons. The summed E-state index contributed by atoms with van der Waals surface area (Å²) in [7, 11) is 1.71. The quantitative estimate of drug-likeness (QED) is 0.832. The van der Waals surface area contributed by atoms with Crippen molar-refractivity contribution in [2.75, 3.05) is 12.4 Å². The first-order valence-electron chi connectivity index (χ1n) is 4.31. The van der Waals surface area contributed by atoms with E-state index in [4.69, 9.17) is 11.6 Å². The Bertz CT molecular complexity index is 479. The number of nitrogens with one attached hydrogen (secondary N) is 1. The van der Waals surface area contributed by atoms with E-state index in [0.29, 0.717) is 11.1 Å². The maximum atomic E-state index is 5.75. The number of rotatable bonds is 3. The van der Waals surface area contributed by atoms with Gasteiger partial charge in [-0.2, -0.15) is 15.0 Å². The predicted octanol–water partition coefficient (Wildman–Crippen LogP) is 1.51. The fourth-order valence-corrected chi connectivity index (χ4v) is 1.81. The summed E-state index contributed by atoms with van der Waals surface area (Å²) in [6, 6.07) is 1.77. The molecule has 0 unspecified atom stereocenters. The summed E-state index contributed by atoms with van der Waals surface area (Å²) in [5.74, 6) is 0.427. The molecule has 2 aromatic rings. The van der Waals surface area contributed by atoms with Gasteiger partial charge in [0.15, 0.2) is 5.16 Å². The molecule has 0 spiro atoms. The number of anilines is 1. The summed E-state index contributed by atoms with van der Waals surface area (Å²) in [4.78, 5) is 19.9. The third-order valence-corrected chi connectivity index (χ3v) is 2.55. The summed E-state index contributed by atoms with van der Waals surface area (Å²) in [6.07, 6.45) is 3.11. The molecule has 2 aromatic heterocycles. The highest BCUT2D eigenvalue weighted by Gasteiger charge is 2.06. The first-order chi connectivity index (χ1) is 7.78. The summed E-state index contributed by atoms with van der Waals surface area (Å²) < 4.78 is 0. The van der Waals surface area contributed by atoms with E-state index in [9.17, 15) is 0 Å². The Labute approximate surface area is 101 Å². The molecule has 0 aliphatic heterocycles. The Morgan fingerprint density at radius 1 is 1.31 bits per heavy atom. The fraction of sp³-hybridized carbons (Fsp3) is 0.125. The van der Waals surface area contributed by atoms with Crippen molar-refractivity contribution in [1.29, 1.82) is 0 Å². The Balaban J connectivity index is 2.24. The molecule has 16 heavy (non-hydrogen) atoms. The second-order valence-electron chi connectivity index (χ2n) is 2.61. The van der Waals surface area contributed by atoms with Crippen LogP contribution in [0.4, 0.5) is 5.95 Å². The SMILES string of the molecule is CNc1nc(Cl)nc(Sc2ccncn2)n1. The minimum atomic E-state index is 0.149. The maximum absolute atomic E-state index is 5.75. The van der Waals surface area contributed by atoms with Gasteiger partial charge in [-0.25, -0.2) is 9.97 Å². The minimum absolute atomic E-state index is 0.149. The molecular formula is C8H7ClN6S. The highest BCUT2D eigenvalue weighted by Crippen LogP contribution is 2.23. The molecule has 0 aromatic carbocycles. The molecular weight excluding hydrogens is 248 g/mol. The lowest BCUT2D eigenvalue weighted by atomic mass is 10.7. The number of halogens is 1. The van der Waals surface area contributed by atoms with Gasteiger partial charge in [0, 0.05) is 13.2 Å². The van der Waals surface area contributed by atoms with Gasteiger partial charge in [-0.15, -0.1) is 0 Å². The van der Waals surface area contributed by atoms with Crippen molar-refractivity contribution >= 4 is 29.3 Å². The van der Waals surface area contributed by atoms with Crippen LogP contribution in [0.1, 0.15) is 0 Å². The van der Waals surface area contributed by atoms with E-state index in [1.165, 1.54) is 18.1 Å². The highest BCUT2D eigenvalue weighted by molar-refractivity contribution is 7.99. The minimum Gasteiger partial charge on any atom is -0.357 e. The Morgan fingerprint density at radius 2 is 2.19 bits per heavy atom. The number of hydrogen-bond donors (Lipinski definition) is 1. The lowest BCUT2D eigenvalue weighted by molar-refractivity contribution is 0.903. The topological polar surface area (TPSA) is 76.5 Å². The molecule has 0 fully saturated rings. The van der Waals surface area contributed by atoms with Crippen molar-refractivity contribution in [2.45, 2.75) is 10.2 Å². The molecule has 6 nitrogen and oxygen atoms in total. The molecule has 2 rings (SSSR count). The largest absolute Gasteiger partial charge is 0.357 e. The molecule has 1 N–H and O–H groups in total. The van der Waals surface area contributed by atoms with Crippen molar-refractivity contribution in [3.05, 3.63) is 23.9 Å². The summed E-state index contributed by atoms with van der Waals surface area (Å²) in [6.45, 7) is 0. The molecule has 2 heterocycles. The van der Waals surface area contributed by atoms with Gasteiger partial charge in [-0.05, 0) is 29.4 Å². The van der Waals surface area contributed by atoms with Crippen molar-refractivity contribution in [3.8, 4) is 0 Å². The van der Waals surface area contributed by atoms with Crippen LogP contribution in [0.25, 0.3) is 0 Å². The lowest BCUT2D eigenvalue weighted by Crippen LogP contribution is -2.00. The molecule has 0 amide bonds. The number of hydrogen-bond acceptors (Lipinski definition) is 7. The maximum Gasteiger partial charge on any atom is 0.228 e. The smallest absolute Gasteiger partial charge is 0.228 e. The Hall–Kier alpha value is -1.47. The van der Waals surface area contributed by atoms with Crippen LogP contribution in [0.3, 0.4) is 0 Å². The second-order valence-corrected chi connectivity index (χ2v) is 3.94. The number of aromatic nitrogens is 5. The van der Waals surface area contributed by atoms with Crippen LogP contribution in [0.5, 0.6) is 0 Å². The van der Waals surface area contributed by atoms with Gasteiger partial charge in [0.1, 0.15) is 11.4 Å². The zero-order valence-corrected chi connectivity index (χ0v) is 9.83. The highest BCUT2D eigenvalue weighted by atomic mass is 35.5. The predicted molar refractivity (Wildman–Crippen MR) is 60.5 cm³/mol. The Kier molecular flexibility index (Phi) is 3.47. The first-order valence-corrected chi connectivity index (χ1v) is 5.50. The van der Waals surface area contributed by atoms with Crippen molar-refractivity contribution in [3.63, 3.8) is 0 Å². The van der Waals surface area contributed by atoms with Crippen LogP contribution in [0, 0.1) is 0 Å². The van der Waals surface area contributed by atoms with E-state index in [-0.39, 0.29) is 5.28 Å². The molecule has 8 heteroatoms. The summed E-state index contributed by atoms with van der Waals surface area (Å²) >= 11 is 7.04. The van der Waals surface area contributed by atoms with Gasteiger partial charge in [0.2, 0.25) is 11.2 Å².